The third kappa shape index (κ3) is 4.07. The summed E-state index contributed by atoms with van der Waals surface area (Å²) in [6.45, 7) is 1.95. The maximum Gasteiger partial charge on any atom is 0.303 e. The van der Waals surface area contributed by atoms with E-state index in [2.05, 4.69) is 9.71 Å². The molecule has 9 heteroatoms. The molecule has 0 fully saturated rings. The molecule has 3 heterocycles. The summed E-state index contributed by atoms with van der Waals surface area (Å²) in [6.07, 6.45) is 2.13. The van der Waals surface area contributed by atoms with Gasteiger partial charge in [-0.1, -0.05) is 18.2 Å². The maximum atomic E-state index is 13.1. The molecule has 0 aliphatic rings. The Hall–Kier alpha value is -3.17. The lowest BCUT2D eigenvalue weighted by atomic mass is 10.1. The number of nitrogens with one attached hydrogen (secondary N) is 1. The summed E-state index contributed by atoms with van der Waals surface area (Å²) in [5.41, 5.74) is 3.01. The highest BCUT2D eigenvalue weighted by molar-refractivity contribution is 7.92. The lowest BCUT2D eigenvalue weighted by Gasteiger charge is -2.10. The molecule has 4 rings (SSSR count). The van der Waals surface area contributed by atoms with Gasteiger partial charge in [-0.25, -0.2) is 13.4 Å². The molecule has 0 bridgehead atoms. The third-order valence-electron chi connectivity index (χ3n) is 4.63. The van der Waals surface area contributed by atoms with E-state index in [0.717, 1.165) is 16.0 Å². The van der Waals surface area contributed by atoms with Crippen molar-refractivity contribution in [1.82, 2.24) is 9.38 Å². The van der Waals surface area contributed by atoms with Crippen molar-refractivity contribution in [3.8, 4) is 10.6 Å². The van der Waals surface area contributed by atoms with Crippen LogP contribution in [0.15, 0.2) is 65.0 Å². The highest BCUT2D eigenvalue weighted by Crippen LogP contribution is 2.33. The van der Waals surface area contributed by atoms with Crippen molar-refractivity contribution in [2.75, 3.05) is 4.72 Å². The number of carboxylic acids is 1. The lowest BCUT2D eigenvalue weighted by molar-refractivity contribution is -0.136. The number of benzene rings is 1. The second kappa shape index (κ2) is 7.92. The van der Waals surface area contributed by atoms with E-state index >= 15 is 0 Å². The summed E-state index contributed by atoms with van der Waals surface area (Å²) in [4.78, 5) is 16.3. The first-order valence-electron chi connectivity index (χ1n) is 9.19. The maximum absolute atomic E-state index is 13.1. The minimum absolute atomic E-state index is 0.00422. The van der Waals surface area contributed by atoms with Crippen LogP contribution in [0.1, 0.15) is 17.5 Å². The largest absolute Gasteiger partial charge is 0.481 e. The second-order valence-corrected chi connectivity index (χ2v) is 9.49. The van der Waals surface area contributed by atoms with Crippen molar-refractivity contribution >= 4 is 38.8 Å². The lowest BCUT2D eigenvalue weighted by Crippen LogP contribution is -2.15. The van der Waals surface area contributed by atoms with Crippen molar-refractivity contribution < 1.29 is 18.3 Å². The van der Waals surface area contributed by atoms with Crippen molar-refractivity contribution in [2.24, 2.45) is 0 Å². The van der Waals surface area contributed by atoms with Crippen LogP contribution in [0.3, 0.4) is 0 Å². The number of aliphatic carboxylic acids is 1. The van der Waals surface area contributed by atoms with Gasteiger partial charge in [0.1, 0.15) is 11.3 Å². The molecule has 7 nitrogen and oxygen atoms in total. The van der Waals surface area contributed by atoms with Crippen LogP contribution in [0.5, 0.6) is 0 Å². The highest BCUT2D eigenvalue weighted by Gasteiger charge is 2.22. The average Bonchev–Trinajstić information content (AvgIpc) is 3.34. The van der Waals surface area contributed by atoms with E-state index in [-0.39, 0.29) is 11.3 Å². The minimum atomic E-state index is -3.87. The zero-order valence-electron chi connectivity index (χ0n) is 16.1. The molecule has 0 saturated carbocycles. The van der Waals surface area contributed by atoms with E-state index in [1.165, 1.54) is 23.5 Å². The first-order valence-corrected chi connectivity index (χ1v) is 11.6. The van der Waals surface area contributed by atoms with E-state index in [0.29, 0.717) is 23.6 Å². The zero-order valence-corrected chi connectivity index (χ0v) is 17.7. The third-order valence-corrected chi connectivity index (χ3v) is 6.86. The standard InChI is InChI=1S/C21H19N3O4S2/c1-14-10-11-24-18(13-14)22-20(17-3-2-12-29-17)21(24)23-30(27,28)16-7-4-15(5-8-16)6-9-19(25)26/h2-5,7-8,10-13,23H,6,9H2,1H3,(H,25,26). The van der Waals surface area contributed by atoms with Crippen molar-refractivity contribution in [3.05, 3.63) is 71.2 Å². The number of thiophene rings is 1. The Balaban J connectivity index is 1.71. The Morgan fingerprint density at radius 1 is 1.20 bits per heavy atom. The smallest absolute Gasteiger partial charge is 0.303 e. The van der Waals surface area contributed by atoms with Crippen LogP contribution < -0.4 is 4.72 Å². The molecule has 2 N–H and O–H groups in total. The number of rotatable bonds is 7. The van der Waals surface area contributed by atoms with Crippen molar-refractivity contribution in [1.29, 1.82) is 0 Å². The Morgan fingerprint density at radius 3 is 2.63 bits per heavy atom. The van der Waals surface area contributed by atoms with Gasteiger partial charge >= 0.3 is 5.97 Å². The van der Waals surface area contributed by atoms with E-state index in [1.54, 1.807) is 22.7 Å². The first kappa shape index (κ1) is 20.1. The van der Waals surface area contributed by atoms with Crippen LogP contribution in [0, 0.1) is 6.92 Å². The van der Waals surface area contributed by atoms with E-state index < -0.39 is 16.0 Å². The molecule has 0 spiro atoms. The molecule has 30 heavy (non-hydrogen) atoms. The van der Waals surface area contributed by atoms with Crippen LogP contribution in [-0.2, 0) is 21.2 Å². The summed E-state index contributed by atoms with van der Waals surface area (Å²) in [6, 6.07) is 13.8. The Morgan fingerprint density at radius 2 is 1.97 bits per heavy atom. The van der Waals surface area contributed by atoms with Gasteiger partial charge in [0.2, 0.25) is 0 Å². The Bertz CT molecular complexity index is 1310. The molecular weight excluding hydrogens is 422 g/mol. The number of imidazole rings is 1. The normalized spacial score (nSPS) is 11.6. The molecule has 0 amide bonds. The number of hydrogen-bond acceptors (Lipinski definition) is 5. The number of nitrogens with zero attached hydrogens (tertiary/aromatic N) is 2. The molecule has 4 aromatic rings. The molecule has 0 atom stereocenters. The van der Waals surface area contributed by atoms with Gasteiger partial charge in [0.25, 0.3) is 10.0 Å². The summed E-state index contributed by atoms with van der Waals surface area (Å²) in [5, 5.41) is 10.7. The number of sulfonamides is 1. The number of anilines is 1. The molecule has 1 aromatic carbocycles. The minimum Gasteiger partial charge on any atom is -0.481 e. The predicted octanol–water partition coefficient (Wildman–Crippen LogP) is 4.19. The van der Waals surface area contributed by atoms with E-state index in [1.807, 2.05) is 36.6 Å². The molecule has 0 aliphatic carbocycles. The molecule has 0 unspecified atom stereocenters. The molecular formula is C21H19N3O4S2. The fourth-order valence-corrected chi connectivity index (χ4v) is 4.88. The van der Waals surface area contributed by atoms with Gasteiger partial charge in [-0.05, 0) is 60.2 Å². The SMILES string of the molecule is Cc1ccn2c(NS(=O)(=O)c3ccc(CCC(=O)O)cc3)c(-c3cccs3)nc2c1. The summed E-state index contributed by atoms with van der Waals surface area (Å²) >= 11 is 1.48. The molecule has 3 aromatic heterocycles. The van der Waals surface area contributed by atoms with Gasteiger partial charge in [0.05, 0.1) is 9.77 Å². The zero-order chi connectivity index (χ0) is 21.3. The molecule has 0 aliphatic heterocycles. The average molecular weight is 442 g/mol. The van der Waals surface area contributed by atoms with Crippen LogP contribution in [-0.4, -0.2) is 28.9 Å². The number of fused-ring (bicyclic) bond motifs is 1. The van der Waals surface area contributed by atoms with Gasteiger partial charge in [-0.2, -0.15) is 0 Å². The van der Waals surface area contributed by atoms with Gasteiger partial charge in [-0.15, -0.1) is 11.3 Å². The number of aryl methyl sites for hydroxylation is 2. The van der Waals surface area contributed by atoms with E-state index in [4.69, 9.17) is 5.11 Å². The summed E-state index contributed by atoms with van der Waals surface area (Å²) in [5.74, 6) is -0.514. The Kier molecular flexibility index (Phi) is 5.31. The monoisotopic (exact) mass is 441 g/mol. The fourth-order valence-electron chi connectivity index (χ4n) is 3.10. The first-order chi connectivity index (χ1) is 14.3. The van der Waals surface area contributed by atoms with Gasteiger partial charge < -0.3 is 5.11 Å². The van der Waals surface area contributed by atoms with Crippen molar-refractivity contribution in [3.63, 3.8) is 0 Å². The van der Waals surface area contributed by atoms with Crippen LogP contribution >= 0.6 is 11.3 Å². The number of carboxylic acid groups (broad SMARTS) is 1. The van der Waals surface area contributed by atoms with Crippen LogP contribution in [0.25, 0.3) is 16.2 Å². The molecule has 154 valence electrons. The topological polar surface area (TPSA) is 101 Å². The summed E-state index contributed by atoms with van der Waals surface area (Å²) in [7, 11) is -3.87. The second-order valence-electron chi connectivity index (χ2n) is 6.86. The number of aromatic nitrogens is 2. The molecule has 0 saturated heterocycles. The van der Waals surface area contributed by atoms with Gasteiger partial charge in [0, 0.05) is 12.6 Å². The van der Waals surface area contributed by atoms with Crippen LogP contribution in [0.4, 0.5) is 5.82 Å². The number of carbonyl (C=O) groups is 1. The Labute approximate surface area is 177 Å². The van der Waals surface area contributed by atoms with Crippen molar-refractivity contribution in [2.45, 2.75) is 24.7 Å². The van der Waals surface area contributed by atoms with Gasteiger partial charge in [-0.3, -0.25) is 13.9 Å². The summed E-state index contributed by atoms with van der Waals surface area (Å²) < 4.78 is 30.5. The van der Waals surface area contributed by atoms with Crippen LogP contribution in [0.2, 0.25) is 0 Å². The highest BCUT2D eigenvalue weighted by atomic mass is 32.2. The van der Waals surface area contributed by atoms with Gasteiger partial charge in [0.15, 0.2) is 5.82 Å². The number of hydrogen-bond donors (Lipinski definition) is 2. The number of pyridine rings is 1. The quantitative estimate of drug-likeness (QED) is 0.448. The van der Waals surface area contributed by atoms with E-state index in [9.17, 15) is 13.2 Å². The predicted molar refractivity (Wildman–Crippen MR) is 116 cm³/mol. The fraction of sp³-hybridized carbons (Fsp3) is 0.143. The molecule has 0 radical (unpaired) electrons.